The van der Waals surface area contributed by atoms with E-state index in [1.807, 2.05) is 18.2 Å². The largest absolute Gasteiger partial charge is 2.00 e. The number of para-hydroxylation sites is 1. The SMILES string of the molecule is CC#N.CN(C)CCN(C)Cc1cccc(CN(C)CCN(C)C)c1[O-].[Cu+2].[Cu+2].[O-][Cl+3]([O-])([O-])[O-].[O-][Cl+3]([O-])([O-])[O-].[OH-]. The van der Waals surface area contributed by atoms with Gasteiger partial charge in [0.25, 0.3) is 0 Å². The monoisotopic (exact) mass is 703 g/mol. The number of nitriles is 1. The molecule has 0 saturated carbocycles. The molecule has 1 N–H and O–H groups in total. The average molecular weight is 706 g/mol. The molecule has 0 bridgehead atoms. The topological polar surface area (TPSA) is 274 Å². The predicted octanol–water partition coefficient (Wildman–Crippen LogP) is -8.42. The van der Waals surface area contributed by atoms with Crippen LogP contribution >= 0.6 is 0 Å². The second-order valence-corrected chi connectivity index (χ2v) is 9.48. The van der Waals surface area contributed by atoms with Gasteiger partial charge in [-0.3, -0.25) is 0 Å². The smallest absolute Gasteiger partial charge is 0.872 e. The maximum absolute atomic E-state index is 12.6. The van der Waals surface area contributed by atoms with Crippen molar-refractivity contribution < 1.29 is 102 Å². The van der Waals surface area contributed by atoms with Crippen LogP contribution in [-0.4, -0.2) is 93.5 Å². The van der Waals surface area contributed by atoms with Gasteiger partial charge in [0.2, 0.25) is 0 Å². The minimum atomic E-state index is -4.94. The molecule has 0 aliphatic heterocycles. The molecule has 0 atom stereocenters. The molecule has 0 aromatic heterocycles. The van der Waals surface area contributed by atoms with Crippen LogP contribution in [0.3, 0.4) is 0 Å². The maximum atomic E-state index is 12.6. The molecule has 19 heteroatoms. The molecule has 1 aromatic rings. The molecule has 0 amide bonds. The Balaban J connectivity index is -0.000000143. The van der Waals surface area contributed by atoms with E-state index in [-0.39, 0.29) is 45.4 Å². The molecule has 1 rings (SSSR count). The van der Waals surface area contributed by atoms with Crippen LogP contribution in [0, 0.1) is 31.8 Å². The number of rotatable bonds is 10. The third-order valence-electron chi connectivity index (χ3n) is 3.92. The van der Waals surface area contributed by atoms with Gasteiger partial charge in [-0.1, -0.05) is 23.9 Å². The van der Waals surface area contributed by atoms with Gasteiger partial charge in [-0.05, 0) is 53.4 Å². The normalized spacial score (nSPS) is 10.4. The van der Waals surface area contributed by atoms with Crippen LogP contribution in [0.1, 0.15) is 18.1 Å². The van der Waals surface area contributed by atoms with Crippen LogP contribution in [-0.2, 0) is 47.2 Å². The van der Waals surface area contributed by atoms with Crippen molar-refractivity contribution in [2.75, 3.05) is 68.5 Å². The molecule has 15 nitrogen and oxygen atoms in total. The van der Waals surface area contributed by atoms with E-state index in [1.54, 1.807) is 6.07 Å². The van der Waals surface area contributed by atoms with Gasteiger partial charge < -0.3 is 30.2 Å². The molecule has 1 aromatic carbocycles. The number of hydrogen-bond donors (Lipinski definition) is 0. The number of likely N-dealkylation sites (N-methyl/N-ethyl adjacent to an activating group) is 4. The van der Waals surface area contributed by atoms with Crippen molar-refractivity contribution in [3.8, 4) is 11.8 Å². The zero-order chi connectivity index (χ0) is 29.1. The maximum Gasteiger partial charge on any atom is 2.00 e. The first-order valence-corrected chi connectivity index (χ1v) is 12.7. The summed E-state index contributed by atoms with van der Waals surface area (Å²) in [4.78, 5) is 8.72. The summed E-state index contributed by atoms with van der Waals surface area (Å²) in [6, 6.07) is 7.67. The molecule has 0 fully saturated rings. The van der Waals surface area contributed by atoms with Crippen molar-refractivity contribution in [2.24, 2.45) is 0 Å². The van der Waals surface area contributed by atoms with E-state index in [0.29, 0.717) is 13.1 Å². The summed E-state index contributed by atoms with van der Waals surface area (Å²) in [6.07, 6.45) is 0. The van der Waals surface area contributed by atoms with Crippen molar-refractivity contribution in [1.82, 2.24) is 19.6 Å². The molecule has 2 radical (unpaired) electrons. The predicted molar refractivity (Wildman–Crippen MR) is 109 cm³/mol. The Kier molecular flexibility index (Phi) is 36.6. The first-order valence-electron chi connectivity index (χ1n) is 10.2. The van der Waals surface area contributed by atoms with Gasteiger partial charge in [0.15, 0.2) is 0 Å². The zero-order valence-electron chi connectivity index (χ0n) is 22.7. The Morgan fingerprint density at radius 2 is 0.897 bits per heavy atom. The van der Waals surface area contributed by atoms with Gasteiger partial charge in [0.1, 0.15) is 0 Å². The Labute approximate surface area is 256 Å². The van der Waals surface area contributed by atoms with E-state index in [2.05, 4.69) is 61.9 Å². The molecule has 238 valence electrons. The standard InChI is InChI=1S/C18H34N4O.C2H3N.2ClHO4.2Cu.H2O/c1-19(2)10-12-21(5)14-16-8-7-9-17(18(16)23)15-22(6)13-11-20(3)4;1-2-3;2*2-1(3,4)5;;;/h7-9,23H,10-15H2,1-6H3;1H3;2*(H,2,3,4,5);;;1H2/q;;;;2*+2;/p-4. The summed E-state index contributed by atoms with van der Waals surface area (Å²) in [7, 11) is 2.51. The molecular formula is C20H37Cl2Cu2N5O10. The van der Waals surface area contributed by atoms with E-state index >= 15 is 0 Å². The Bertz CT molecular complexity index is 678. The van der Waals surface area contributed by atoms with Gasteiger partial charge in [-0.2, -0.15) is 5.26 Å². The van der Waals surface area contributed by atoms with Gasteiger partial charge in [-0.15, -0.1) is 20.5 Å². The Hall–Kier alpha value is -0.391. The summed E-state index contributed by atoms with van der Waals surface area (Å²) in [5, 5.41) is 20.0. The van der Waals surface area contributed by atoms with E-state index < -0.39 is 20.5 Å². The molecule has 0 unspecified atom stereocenters. The summed E-state index contributed by atoms with van der Waals surface area (Å²) >= 11 is 0. The average Bonchev–Trinajstić information content (AvgIpc) is 2.66. The first-order chi connectivity index (χ1) is 16.2. The number of benzene rings is 1. The first kappa shape index (κ1) is 51.4. The second kappa shape index (κ2) is 27.8. The van der Waals surface area contributed by atoms with E-state index in [4.69, 9.17) is 42.5 Å². The summed E-state index contributed by atoms with van der Waals surface area (Å²) in [6.45, 7) is 6.76. The fourth-order valence-electron chi connectivity index (χ4n) is 2.37. The summed E-state index contributed by atoms with van der Waals surface area (Å²) in [5.74, 6) is 0.195. The van der Waals surface area contributed by atoms with Crippen LogP contribution in [0.15, 0.2) is 18.2 Å². The minimum absolute atomic E-state index is 0. The minimum Gasteiger partial charge on any atom is -0.872 e. The van der Waals surface area contributed by atoms with E-state index in [9.17, 15) is 5.11 Å². The fourth-order valence-corrected chi connectivity index (χ4v) is 2.37. The third kappa shape index (κ3) is 47.7. The summed E-state index contributed by atoms with van der Waals surface area (Å²) in [5.41, 5.74) is 1.79. The summed E-state index contributed by atoms with van der Waals surface area (Å²) < 4.78 is 67.9. The van der Waals surface area contributed by atoms with Crippen LogP contribution in [0.25, 0.3) is 0 Å². The molecule has 39 heavy (non-hydrogen) atoms. The van der Waals surface area contributed by atoms with Crippen LogP contribution in [0.5, 0.6) is 5.75 Å². The molecule has 0 heterocycles. The number of halogens is 2. The molecule has 0 spiro atoms. The Morgan fingerprint density at radius 3 is 1.10 bits per heavy atom. The molecule has 0 saturated heterocycles. The van der Waals surface area contributed by atoms with Gasteiger partial charge >= 0.3 is 34.1 Å². The van der Waals surface area contributed by atoms with Crippen molar-refractivity contribution >= 4 is 0 Å². The zero-order valence-corrected chi connectivity index (χ0v) is 26.1. The van der Waals surface area contributed by atoms with E-state index in [1.165, 1.54) is 6.92 Å². The van der Waals surface area contributed by atoms with Crippen LogP contribution in [0.4, 0.5) is 0 Å². The molecular weight excluding hydrogens is 668 g/mol. The van der Waals surface area contributed by atoms with Gasteiger partial charge in [0, 0.05) is 46.2 Å². The fraction of sp³-hybridized carbons (Fsp3) is 0.650. The quantitative estimate of drug-likeness (QED) is 0.204. The Morgan fingerprint density at radius 1 is 0.667 bits per heavy atom. The van der Waals surface area contributed by atoms with Crippen LogP contribution in [0.2, 0.25) is 0 Å². The molecule has 0 aliphatic carbocycles. The van der Waals surface area contributed by atoms with Crippen molar-refractivity contribution in [1.29, 1.82) is 5.26 Å². The number of nitrogens with zero attached hydrogens (tertiary/aromatic N) is 5. The molecule has 0 aliphatic rings. The van der Waals surface area contributed by atoms with Crippen molar-refractivity contribution in [3.05, 3.63) is 29.3 Å². The van der Waals surface area contributed by atoms with Gasteiger partial charge in [0.05, 0.1) is 6.07 Å². The van der Waals surface area contributed by atoms with Crippen LogP contribution < -0.4 is 42.4 Å². The third-order valence-corrected chi connectivity index (χ3v) is 3.92. The second-order valence-electron chi connectivity index (χ2n) is 7.97. The van der Waals surface area contributed by atoms with Crippen molar-refractivity contribution in [3.63, 3.8) is 0 Å². The number of hydrogen-bond acceptors (Lipinski definition) is 15. The van der Waals surface area contributed by atoms with Gasteiger partial charge in [-0.25, -0.2) is 37.3 Å². The van der Waals surface area contributed by atoms with Crippen molar-refractivity contribution in [2.45, 2.75) is 20.0 Å². The van der Waals surface area contributed by atoms with E-state index in [0.717, 1.165) is 37.3 Å².